The fourth-order valence-corrected chi connectivity index (χ4v) is 6.82. The molecule has 0 radical (unpaired) electrons. The lowest BCUT2D eigenvalue weighted by atomic mass is 9.70. The zero-order chi connectivity index (χ0) is 26.6. The molecule has 3 fully saturated rings. The molecule has 0 aromatic heterocycles. The number of fused-ring (bicyclic) bond motifs is 3. The molecule has 0 spiro atoms. The van der Waals surface area contributed by atoms with Gasteiger partial charge in [0.1, 0.15) is 5.75 Å². The summed E-state index contributed by atoms with van der Waals surface area (Å²) in [5.41, 5.74) is 3.31. The van der Waals surface area contributed by atoms with Gasteiger partial charge in [-0.15, -0.1) is 0 Å². The Morgan fingerprint density at radius 3 is 2.32 bits per heavy atom. The van der Waals surface area contributed by atoms with Crippen molar-refractivity contribution in [3.63, 3.8) is 0 Å². The Labute approximate surface area is 226 Å². The molecule has 8 heteroatoms. The largest absolute Gasteiger partial charge is 0.507 e. The van der Waals surface area contributed by atoms with E-state index in [1.54, 1.807) is 13.4 Å². The van der Waals surface area contributed by atoms with Crippen molar-refractivity contribution in [2.45, 2.75) is 48.5 Å². The minimum atomic E-state index is -1.24. The molecule has 6 atom stereocenters. The van der Waals surface area contributed by atoms with Crippen molar-refractivity contribution in [3.8, 4) is 5.75 Å². The van der Waals surface area contributed by atoms with Crippen LogP contribution in [0.2, 0.25) is 0 Å². The summed E-state index contributed by atoms with van der Waals surface area (Å²) in [6.45, 7) is 1.32. The molecule has 38 heavy (non-hydrogen) atoms. The fraction of sp³-hybridized carbons (Fsp3) is 0.367. The normalized spacial score (nSPS) is 25.2. The van der Waals surface area contributed by atoms with E-state index in [0.29, 0.717) is 13.0 Å². The second-order valence-electron chi connectivity index (χ2n) is 9.98. The molecule has 0 saturated carbocycles. The molecule has 3 aliphatic rings. The van der Waals surface area contributed by atoms with Crippen molar-refractivity contribution in [1.82, 2.24) is 10.2 Å². The van der Waals surface area contributed by atoms with Gasteiger partial charge >= 0.3 is 6.16 Å². The second-order valence-corrected chi connectivity index (χ2v) is 11.4. The Balaban J connectivity index is 1.54. The SMILES string of the molecule is COc1ccc(S(C)=O)cc1CN[C@H]1[C@H]2CCN(C(OC(=O)O)C2)[C@H]1C(c1ccccc1)c1ccccc1. The maximum Gasteiger partial charge on any atom is 0.507 e. The van der Waals surface area contributed by atoms with Crippen LogP contribution in [0.1, 0.15) is 35.4 Å². The fourth-order valence-electron chi connectivity index (χ4n) is 6.25. The lowest BCUT2D eigenvalue weighted by molar-refractivity contribution is -0.139. The molecule has 0 amide bonds. The van der Waals surface area contributed by atoms with Crippen molar-refractivity contribution in [1.29, 1.82) is 0 Å². The van der Waals surface area contributed by atoms with Crippen molar-refractivity contribution in [2.24, 2.45) is 5.92 Å². The summed E-state index contributed by atoms with van der Waals surface area (Å²) in [5, 5.41) is 13.3. The van der Waals surface area contributed by atoms with Crippen LogP contribution in [-0.4, -0.2) is 58.6 Å². The van der Waals surface area contributed by atoms with Gasteiger partial charge in [-0.05, 0) is 41.7 Å². The summed E-state index contributed by atoms with van der Waals surface area (Å²) in [5.74, 6) is 0.993. The lowest BCUT2D eigenvalue weighted by Gasteiger charge is -2.56. The lowest BCUT2D eigenvalue weighted by Crippen LogP contribution is -2.68. The van der Waals surface area contributed by atoms with Gasteiger partial charge in [0.25, 0.3) is 0 Å². The van der Waals surface area contributed by atoms with Gasteiger partial charge in [0.2, 0.25) is 0 Å². The van der Waals surface area contributed by atoms with E-state index in [1.807, 2.05) is 30.3 Å². The van der Waals surface area contributed by atoms with Gasteiger partial charge in [-0.2, -0.15) is 0 Å². The molecular weight excluding hydrogens is 500 g/mol. The third-order valence-corrected chi connectivity index (χ3v) is 8.82. The molecule has 6 rings (SSSR count). The molecular formula is C30H34N2O5S. The van der Waals surface area contributed by atoms with Crippen LogP contribution in [0.25, 0.3) is 0 Å². The topological polar surface area (TPSA) is 88.1 Å². The van der Waals surface area contributed by atoms with E-state index in [-0.39, 0.29) is 23.9 Å². The van der Waals surface area contributed by atoms with Crippen LogP contribution in [0.4, 0.5) is 4.79 Å². The molecule has 3 aromatic carbocycles. The van der Waals surface area contributed by atoms with Gasteiger partial charge in [0.05, 0.1) is 7.11 Å². The maximum atomic E-state index is 12.2. The molecule has 200 valence electrons. The monoisotopic (exact) mass is 534 g/mol. The number of piperidine rings is 3. The van der Waals surface area contributed by atoms with Gasteiger partial charge in [-0.1, -0.05) is 60.7 Å². The highest BCUT2D eigenvalue weighted by Crippen LogP contribution is 2.45. The third kappa shape index (κ3) is 5.48. The molecule has 2 N–H and O–H groups in total. The number of methoxy groups -OCH3 is 1. The van der Waals surface area contributed by atoms with Crippen LogP contribution >= 0.6 is 0 Å². The summed E-state index contributed by atoms with van der Waals surface area (Å²) >= 11 is 0. The summed E-state index contributed by atoms with van der Waals surface area (Å²) in [6.07, 6.45) is 1.56. The van der Waals surface area contributed by atoms with Gasteiger partial charge in [-0.3, -0.25) is 9.11 Å². The van der Waals surface area contributed by atoms with E-state index >= 15 is 0 Å². The number of rotatable bonds is 9. The number of carbonyl (C=O) groups is 1. The molecule has 7 nitrogen and oxygen atoms in total. The third-order valence-electron chi connectivity index (χ3n) is 7.90. The maximum absolute atomic E-state index is 12.2. The number of hydrogen-bond acceptors (Lipinski definition) is 6. The van der Waals surface area contributed by atoms with Crippen molar-refractivity contribution in [2.75, 3.05) is 19.9 Å². The zero-order valence-electron chi connectivity index (χ0n) is 21.7. The van der Waals surface area contributed by atoms with E-state index in [4.69, 9.17) is 9.47 Å². The molecule has 3 heterocycles. The van der Waals surface area contributed by atoms with Crippen molar-refractivity contribution in [3.05, 3.63) is 95.6 Å². The number of nitrogens with zero attached hydrogens (tertiary/aromatic N) is 1. The summed E-state index contributed by atoms with van der Waals surface area (Å²) in [7, 11) is 0.548. The van der Waals surface area contributed by atoms with Gasteiger partial charge in [0.15, 0.2) is 6.23 Å². The highest BCUT2D eigenvalue weighted by molar-refractivity contribution is 7.84. The van der Waals surface area contributed by atoms with Gasteiger partial charge in [0, 0.05) is 65.0 Å². The smallest absolute Gasteiger partial charge is 0.496 e. The molecule has 2 bridgehead atoms. The minimum Gasteiger partial charge on any atom is -0.496 e. The van der Waals surface area contributed by atoms with Gasteiger partial charge < -0.3 is 19.9 Å². The molecule has 3 saturated heterocycles. The summed E-state index contributed by atoms with van der Waals surface area (Å²) in [4.78, 5) is 14.6. The summed E-state index contributed by atoms with van der Waals surface area (Å²) < 4.78 is 23.2. The Morgan fingerprint density at radius 2 is 1.74 bits per heavy atom. The van der Waals surface area contributed by atoms with E-state index in [2.05, 4.69) is 58.7 Å². The first kappa shape index (κ1) is 26.4. The second kappa shape index (κ2) is 11.7. The summed E-state index contributed by atoms with van der Waals surface area (Å²) in [6, 6.07) is 26.5. The first-order valence-corrected chi connectivity index (χ1v) is 14.5. The van der Waals surface area contributed by atoms with Crippen LogP contribution in [0.15, 0.2) is 83.8 Å². The Morgan fingerprint density at radius 1 is 1.08 bits per heavy atom. The Kier molecular flexibility index (Phi) is 8.12. The number of ether oxygens (including phenoxy) is 2. The quantitative estimate of drug-likeness (QED) is 0.380. The number of carboxylic acid groups (broad SMARTS) is 1. The van der Waals surface area contributed by atoms with Gasteiger partial charge in [-0.25, -0.2) is 4.79 Å². The van der Waals surface area contributed by atoms with E-state index in [0.717, 1.165) is 29.2 Å². The Bertz CT molecular complexity index is 1230. The molecule has 3 aliphatic heterocycles. The average molecular weight is 535 g/mol. The van der Waals surface area contributed by atoms with Crippen LogP contribution in [0, 0.1) is 5.92 Å². The first-order valence-electron chi connectivity index (χ1n) is 12.9. The predicted molar refractivity (Wildman–Crippen MR) is 147 cm³/mol. The zero-order valence-corrected chi connectivity index (χ0v) is 22.5. The van der Waals surface area contributed by atoms with E-state index in [9.17, 15) is 14.1 Å². The molecule has 0 aliphatic carbocycles. The predicted octanol–water partition coefficient (Wildman–Crippen LogP) is 4.84. The number of benzene rings is 3. The van der Waals surface area contributed by atoms with E-state index < -0.39 is 23.2 Å². The van der Waals surface area contributed by atoms with Crippen LogP contribution in [0.5, 0.6) is 5.75 Å². The van der Waals surface area contributed by atoms with Crippen LogP contribution < -0.4 is 10.1 Å². The number of nitrogens with one attached hydrogen (secondary N) is 1. The number of hydrogen-bond donors (Lipinski definition) is 2. The van der Waals surface area contributed by atoms with Crippen LogP contribution in [0.3, 0.4) is 0 Å². The first-order chi connectivity index (χ1) is 18.5. The highest BCUT2D eigenvalue weighted by atomic mass is 32.2. The van der Waals surface area contributed by atoms with Crippen LogP contribution in [-0.2, 0) is 22.1 Å². The standard InChI is InChI=1S/C30H34N2O5S/c1-36-25-14-13-24(38(2)35)17-23(25)19-31-28-22-15-16-32(26(18-22)37-30(33)34)29(28)27(20-9-5-3-6-10-20)21-11-7-4-8-12-21/h3-14,17,22,26-29,31H,15-16,18-19H2,1-2H3,(H,33,34)/t22-,26?,28-,29-,38?/m0/s1. The minimum absolute atomic E-state index is 0.00858. The molecule has 3 aromatic rings. The average Bonchev–Trinajstić information content (AvgIpc) is 2.93. The highest BCUT2D eigenvalue weighted by Gasteiger charge is 2.51. The Hall–Kier alpha value is -3.20. The van der Waals surface area contributed by atoms with Crippen molar-refractivity contribution < 1.29 is 23.6 Å². The van der Waals surface area contributed by atoms with E-state index in [1.165, 1.54) is 11.1 Å². The molecule has 3 unspecified atom stereocenters. The van der Waals surface area contributed by atoms with Crippen molar-refractivity contribution >= 4 is 17.0 Å².